The van der Waals surface area contributed by atoms with Crippen molar-refractivity contribution in [2.24, 2.45) is 10.2 Å². The molecule has 0 bridgehead atoms. The Balaban J connectivity index is 2.06. The fraction of sp³-hybridized carbons (Fsp3) is 0.200. The van der Waals surface area contributed by atoms with Crippen molar-refractivity contribution in [2.45, 2.75) is 6.43 Å². The first kappa shape index (κ1) is 18.6. The third-order valence-electron chi connectivity index (χ3n) is 2.73. The molecule has 0 aromatic heterocycles. The first-order valence-electron chi connectivity index (χ1n) is 6.89. The summed E-state index contributed by atoms with van der Waals surface area (Å²) in [6, 6.07) is 6.47. The maximum Gasteiger partial charge on any atom is 0.331 e. The molecular formula is C15H13F2N3O4S. The normalized spacial score (nSPS) is 17.5. The number of amides is 1. The van der Waals surface area contributed by atoms with E-state index >= 15 is 0 Å². The molecule has 0 aliphatic carbocycles. The number of rotatable bonds is 6. The second-order valence-corrected chi connectivity index (χ2v) is 5.51. The third-order valence-corrected chi connectivity index (χ3v) is 3.63. The number of benzene rings is 1. The second kappa shape index (κ2) is 8.92. The Bertz CT molecular complexity index is 750. The van der Waals surface area contributed by atoms with Crippen LogP contribution in [-0.4, -0.2) is 43.4 Å². The Kier molecular flexibility index (Phi) is 6.63. The Morgan fingerprint density at radius 2 is 2.16 bits per heavy atom. The minimum absolute atomic E-state index is 0.126. The van der Waals surface area contributed by atoms with Gasteiger partial charge in [0, 0.05) is 11.6 Å². The van der Waals surface area contributed by atoms with Crippen molar-refractivity contribution in [1.82, 2.24) is 5.32 Å². The molecule has 1 aromatic carbocycles. The van der Waals surface area contributed by atoms with Gasteiger partial charge in [-0.3, -0.25) is 10.1 Å². The number of methoxy groups -OCH3 is 1. The van der Waals surface area contributed by atoms with Gasteiger partial charge in [-0.1, -0.05) is 12.1 Å². The summed E-state index contributed by atoms with van der Waals surface area (Å²) in [5, 5.41) is 10.2. The van der Waals surface area contributed by atoms with E-state index in [1.54, 1.807) is 18.2 Å². The number of carbonyl (C=O) groups is 2. The number of esters is 1. The molecule has 0 radical (unpaired) electrons. The Morgan fingerprint density at radius 1 is 1.40 bits per heavy atom. The van der Waals surface area contributed by atoms with E-state index in [0.717, 1.165) is 17.8 Å². The van der Waals surface area contributed by atoms with Gasteiger partial charge < -0.3 is 9.47 Å². The maximum atomic E-state index is 12.2. The Labute approximate surface area is 145 Å². The quantitative estimate of drug-likeness (QED) is 0.358. The highest BCUT2D eigenvalue weighted by Gasteiger charge is 2.25. The average Bonchev–Trinajstić information content (AvgIpc) is 2.93. The van der Waals surface area contributed by atoms with E-state index < -0.39 is 24.9 Å². The van der Waals surface area contributed by atoms with Gasteiger partial charge in [0.05, 0.1) is 18.2 Å². The van der Waals surface area contributed by atoms with Crippen LogP contribution in [0.15, 0.2) is 45.4 Å². The summed E-state index contributed by atoms with van der Waals surface area (Å²) in [5.41, 5.74) is 0.451. The molecule has 1 fully saturated rings. The van der Waals surface area contributed by atoms with Gasteiger partial charge in [-0.25, -0.2) is 13.6 Å². The summed E-state index contributed by atoms with van der Waals surface area (Å²) in [7, 11) is 1.20. The zero-order valence-corrected chi connectivity index (χ0v) is 13.8. The second-order valence-electron chi connectivity index (χ2n) is 4.48. The lowest BCUT2D eigenvalue weighted by molar-refractivity contribution is -0.135. The number of carbonyl (C=O) groups excluding carboxylic acids is 2. The van der Waals surface area contributed by atoms with Crippen LogP contribution in [-0.2, 0) is 14.3 Å². The van der Waals surface area contributed by atoms with Crippen molar-refractivity contribution >= 4 is 35.0 Å². The van der Waals surface area contributed by atoms with E-state index in [0.29, 0.717) is 5.56 Å². The number of hydrogen-bond donors (Lipinski definition) is 1. The van der Waals surface area contributed by atoms with Crippen LogP contribution in [0, 0.1) is 0 Å². The summed E-state index contributed by atoms with van der Waals surface area (Å²) in [4.78, 5) is 22.9. The number of ether oxygens (including phenoxy) is 2. The number of alkyl halides is 2. The molecule has 132 valence electrons. The van der Waals surface area contributed by atoms with Crippen molar-refractivity contribution in [3.8, 4) is 5.75 Å². The van der Waals surface area contributed by atoms with Crippen LogP contribution in [0.1, 0.15) is 5.56 Å². The third kappa shape index (κ3) is 5.68. The summed E-state index contributed by atoms with van der Waals surface area (Å²) in [5.74, 6) is -0.918. The van der Waals surface area contributed by atoms with E-state index in [2.05, 4.69) is 20.3 Å². The summed E-state index contributed by atoms with van der Waals surface area (Å²) >= 11 is 0.921. The zero-order chi connectivity index (χ0) is 18.2. The monoisotopic (exact) mass is 369 g/mol. The average molecular weight is 369 g/mol. The molecular weight excluding hydrogens is 356 g/mol. The van der Waals surface area contributed by atoms with Crippen LogP contribution in [0.3, 0.4) is 0 Å². The Hall–Kier alpha value is -2.75. The standard InChI is InChI=1S/C15H13F2N3O4S/c1-23-13(21)6-11-14(22)19-15(25-11)20-18-7-9-4-2-3-5-10(9)24-8-12(16)17/h2-7,12H,8H2,1H3,(H,19,20,22)/b11-6+,18-7?. The van der Waals surface area contributed by atoms with Gasteiger partial charge in [-0.05, 0) is 23.9 Å². The number of thioether (sulfide) groups is 1. The molecule has 1 heterocycles. The SMILES string of the molecule is COC(=O)/C=C1/S/C(=N\N=Cc2ccccc2OCC(F)F)NC1=O. The van der Waals surface area contributed by atoms with E-state index in [9.17, 15) is 18.4 Å². The largest absolute Gasteiger partial charge is 0.487 e. The van der Waals surface area contributed by atoms with Crippen LogP contribution in [0.5, 0.6) is 5.75 Å². The fourth-order valence-corrected chi connectivity index (χ4v) is 2.39. The number of nitrogens with zero attached hydrogens (tertiary/aromatic N) is 2. The molecule has 10 heteroatoms. The molecule has 2 rings (SSSR count). The van der Waals surface area contributed by atoms with E-state index in [4.69, 9.17) is 4.74 Å². The lowest BCUT2D eigenvalue weighted by atomic mass is 10.2. The van der Waals surface area contributed by atoms with E-state index in [1.165, 1.54) is 19.4 Å². The van der Waals surface area contributed by atoms with Crippen LogP contribution >= 0.6 is 11.8 Å². The minimum atomic E-state index is -2.59. The van der Waals surface area contributed by atoms with Crippen LogP contribution < -0.4 is 10.1 Å². The van der Waals surface area contributed by atoms with Gasteiger partial charge in [0.15, 0.2) is 5.17 Å². The smallest absolute Gasteiger partial charge is 0.331 e. The summed E-state index contributed by atoms with van der Waals surface area (Å²) < 4.78 is 33.9. The number of hydrogen-bond acceptors (Lipinski definition) is 7. The molecule has 7 nitrogen and oxygen atoms in total. The molecule has 0 spiro atoms. The summed E-state index contributed by atoms with van der Waals surface area (Å²) in [6.45, 7) is -0.729. The van der Waals surface area contributed by atoms with Crippen LogP contribution in [0.25, 0.3) is 0 Å². The van der Waals surface area contributed by atoms with Crippen molar-refractivity contribution in [3.05, 3.63) is 40.8 Å². The lowest BCUT2D eigenvalue weighted by Gasteiger charge is -2.07. The minimum Gasteiger partial charge on any atom is -0.487 e. The van der Waals surface area contributed by atoms with Gasteiger partial charge >= 0.3 is 5.97 Å². The molecule has 1 aromatic rings. The number of amidine groups is 1. The van der Waals surface area contributed by atoms with E-state index in [1.807, 2.05) is 0 Å². The predicted molar refractivity (Wildman–Crippen MR) is 88.8 cm³/mol. The van der Waals surface area contributed by atoms with Crippen molar-refractivity contribution in [3.63, 3.8) is 0 Å². The number of para-hydroxylation sites is 1. The van der Waals surface area contributed by atoms with Crippen molar-refractivity contribution in [1.29, 1.82) is 0 Å². The first-order valence-corrected chi connectivity index (χ1v) is 7.71. The highest BCUT2D eigenvalue weighted by Crippen LogP contribution is 2.23. The molecule has 1 saturated heterocycles. The Morgan fingerprint density at radius 3 is 2.88 bits per heavy atom. The van der Waals surface area contributed by atoms with Gasteiger partial charge in [0.1, 0.15) is 12.4 Å². The topological polar surface area (TPSA) is 89.3 Å². The van der Waals surface area contributed by atoms with E-state index in [-0.39, 0.29) is 15.8 Å². The highest BCUT2D eigenvalue weighted by molar-refractivity contribution is 8.18. The van der Waals surface area contributed by atoms with Gasteiger partial charge in [0.2, 0.25) is 0 Å². The van der Waals surface area contributed by atoms with Crippen molar-refractivity contribution in [2.75, 3.05) is 13.7 Å². The molecule has 1 amide bonds. The zero-order valence-electron chi connectivity index (χ0n) is 12.9. The number of halogens is 2. The van der Waals surface area contributed by atoms with Crippen molar-refractivity contribution < 1.29 is 27.8 Å². The molecule has 1 N–H and O–H groups in total. The highest BCUT2D eigenvalue weighted by atomic mass is 32.2. The lowest BCUT2D eigenvalue weighted by Crippen LogP contribution is -2.19. The maximum absolute atomic E-state index is 12.2. The first-order chi connectivity index (χ1) is 12.0. The fourth-order valence-electron chi connectivity index (χ4n) is 1.66. The molecule has 25 heavy (non-hydrogen) atoms. The molecule has 0 unspecified atom stereocenters. The molecule has 1 aliphatic rings. The summed E-state index contributed by atoms with van der Waals surface area (Å²) in [6.07, 6.45) is -0.238. The molecule has 0 atom stereocenters. The van der Waals surface area contributed by atoms with Gasteiger partial charge in [-0.15, -0.1) is 5.10 Å². The van der Waals surface area contributed by atoms with Gasteiger partial charge in [0.25, 0.3) is 12.3 Å². The molecule has 0 saturated carbocycles. The van der Waals surface area contributed by atoms with Crippen LogP contribution in [0.2, 0.25) is 0 Å². The van der Waals surface area contributed by atoms with Gasteiger partial charge in [-0.2, -0.15) is 5.10 Å². The molecule has 1 aliphatic heterocycles. The number of nitrogens with one attached hydrogen (secondary N) is 1. The van der Waals surface area contributed by atoms with Crippen LogP contribution in [0.4, 0.5) is 8.78 Å². The predicted octanol–water partition coefficient (Wildman–Crippen LogP) is 1.94.